The van der Waals surface area contributed by atoms with Gasteiger partial charge in [0.2, 0.25) is 0 Å². The van der Waals surface area contributed by atoms with Crippen molar-refractivity contribution in [3.63, 3.8) is 0 Å². The molecule has 1 heterocycles. The third-order valence-electron chi connectivity index (χ3n) is 3.29. The van der Waals surface area contributed by atoms with Crippen molar-refractivity contribution in [1.29, 1.82) is 0 Å². The summed E-state index contributed by atoms with van der Waals surface area (Å²) < 4.78 is 0. The van der Waals surface area contributed by atoms with E-state index < -0.39 is 0 Å². The minimum atomic E-state index is 0.754. The zero-order valence-electron chi connectivity index (χ0n) is 10.7. The summed E-state index contributed by atoms with van der Waals surface area (Å²) in [5.74, 6) is 0.763. The SMILES string of the molecule is CCCC(C)/C=C(/C)CC1CCCCN1. The van der Waals surface area contributed by atoms with E-state index in [2.05, 4.69) is 32.2 Å². The van der Waals surface area contributed by atoms with Gasteiger partial charge in [0.05, 0.1) is 0 Å². The lowest BCUT2D eigenvalue weighted by Crippen LogP contribution is -2.34. The summed E-state index contributed by atoms with van der Waals surface area (Å²) in [6, 6.07) is 0.754. The highest BCUT2D eigenvalue weighted by Crippen LogP contribution is 2.17. The summed E-state index contributed by atoms with van der Waals surface area (Å²) in [6.07, 6.45) is 10.5. The lowest BCUT2D eigenvalue weighted by Gasteiger charge is -2.24. The van der Waals surface area contributed by atoms with E-state index in [1.54, 1.807) is 5.57 Å². The molecular weight excluding hydrogens is 182 g/mol. The van der Waals surface area contributed by atoms with Crippen LogP contribution in [-0.2, 0) is 0 Å². The Morgan fingerprint density at radius 3 is 2.87 bits per heavy atom. The van der Waals surface area contributed by atoms with E-state index in [1.807, 2.05) is 0 Å². The fraction of sp³-hybridized carbons (Fsp3) is 0.857. The second-order valence-electron chi connectivity index (χ2n) is 5.13. The Hall–Kier alpha value is -0.300. The highest BCUT2D eigenvalue weighted by molar-refractivity contribution is 5.03. The number of nitrogens with one attached hydrogen (secondary N) is 1. The lowest BCUT2D eigenvalue weighted by molar-refractivity contribution is 0.398. The highest BCUT2D eigenvalue weighted by atomic mass is 14.9. The average Bonchev–Trinajstić information content (AvgIpc) is 2.19. The molecule has 15 heavy (non-hydrogen) atoms. The van der Waals surface area contributed by atoms with E-state index in [4.69, 9.17) is 0 Å². The van der Waals surface area contributed by atoms with Crippen molar-refractivity contribution >= 4 is 0 Å². The fourth-order valence-corrected chi connectivity index (χ4v) is 2.58. The first-order valence-electron chi connectivity index (χ1n) is 6.63. The maximum Gasteiger partial charge on any atom is 0.0104 e. The zero-order chi connectivity index (χ0) is 11.1. The quantitative estimate of drug-likeness (QED) is 0.677. The minimum Gasteiger partial charge on any atom is -0.314 e. The van der Waals surface area contributed by atoms with E-state index in [0.717, 1.165) is 12.0 Å². The Bertz CT molecular complexity index is 190. The smallest absolute Gasteiger partial charge is 0.0104 e. The normalized spacial score (nSPS) is 25.3. The molecule has 0 amide bonds. The number of rotatable bonds is 5. The van der Waals surface area contributed by atoms with Gasteiger partial charge in [-0.1, -0.05) is 38.3 Å². The molecule has 0 spiro atoms. The molecule has 0 aromatic rings. The molecule has 0 saturated carbocycles. The van der Waals surface area contributed by atoms with E-state index in [-0.39, 0.29) is 0 Å². The van der Waals surface area contributed by atoms with Gasteiger partial charge in [0.1, 0.15) is 0 Å². The van der Waals surface area contributed by atoms with Crippen LogP contribution in [0, 0.1) is 5.92 Å². The van der Waals surface area contributed by atoms with Crippen LogP contribution in [0.2, 0.25) is 0 Å². The van der Waals surface area contributed by atoms with Gasteiger partial charge in [-0.25, -0.2) is 0 Å². The van der Waals surface area contributed by atoms with Gasteiger partial charge < -0.3 is 5.32 Å². The van der Waals surface area contributed by atoms with Gasteiger partial charge in [0.25, 0.3) is 0 Å². The van der Waals surface area contributed by atoms with Gasteiger partial charge in [-0.05, 0) is 45.1 Å². The molecule has 1 N–H and O–H groups in total. The summed E-state index contributed by atoms with van der Waals surface area (Å²) in [5.41, 5.74) is 1.58. The Labute approximate surface area is 95.3 Å². The summed E-state index contributed by atoms with van der Waals surface area (Å²) in [5, 5.41) is 3.61. The minimum absolute atomic E-state index is 0.754. The molecule has 1 heteroatoms. The van der Waals surface area contributed by atoms with Crippen molar-refractivity contribution in [2.45, 2.75) is 65.3 Å². The van der Waals surface area contributed by atoms with Crippen molar-refractivity contribution < 1.29 is 0 Å². The third-order valence-corrected chi connectivity index (χ3v) is 3.29. The first kappa shape index (κ1) is 12.8. The maximum absolute atomic E-state index is 3.61. The van der Waals surface area contributed by atoms with Gasteiger partial charge in [-0.3, -0.25) is 0 Å². The summed E-state index contributed by atoms with van der Waals surface area (Å²) in [4.78, 5) is 0. The van der Waals surface area contributed by atoms with Crippen molar-refractivity contribution in [3.8, 4) is 0 Å². The number of hydrogen-bond acceptors (Lipinski definition) is 1. The Morgan fingerprint density at radius 2 is 2.27 bits per heavy atom. The molecule has 1 aliphatic rings. The predicted molar refractivity (Wildman–Crippen MR) is 68.1 cm³/mol. The van der Waals surface area contributed by atoms with Crippen molar-refractivity contribution in [2.75, 3.05) is 6.54 Å². The summed E-state index contributed by atoms with van der Waals surface area (Å²) >= 11 is 0. The molecule has 0 aromatic carbocycles. The second-order valence-corrected chi connectivity index (χ2v) is 5.13. The monoisotopic (exact) mass is 209 g/mol. The van der Waals surface area contributed by atoms with Crippen LogP contribution in [-0.4, -0.2) is 12.6 Å². The highest BCUT2D eigenvalue weighted by Gasteiger charge is 2.12. The molecule has 1 rings (SSSR count). The molecular formula is C14H27N. The molecule has 1 fully saturated rings. The molecule has 1 aliphatic heterocycles. The molecule has 2 atom stereocenters. The summed E-state index contributed by atoms with van der Waals surface area (Å²) in [7, 11) is 0. The van der Waals surface area contributed by atoms with E-state index in [9.17, 15) is 0 Å². The molecule has 2 unspecified atom stereocenters. The van der Waals surface area contributed by atoms with Crippen LogP contribution in [0.1, 0.15) is 59.3 Å². The van der Waals surface area contributed by atoms with E-state index >= 15 is 0 Å². The Kier molecular flexibility index (Phi) is 6.00. The van der Waals surface area contributed by atoms with Crippen LogP contribution in [0.5, 0.6) is 0 Å². The molecule has 1 saturated heterocycles. The first-order valence-corrected chi connectivity index (χ1v) is 6.63. The van der Waals surface area contributed by atoms with Crippen LogP contribution in [0.4, 0.5) is 0 Å². The Balaban J connectivity index is 2.29. The van der Waals surface area contributed by atoms with Crippen LogP contribution in [0.15, 0.2) is 11.6 Å². The van der Waals surface area contributed by atoms with Crippen LogP contribution in [0.25, 0.3) is 0 Å². The standard InChI is InChI=1S/C14H27N/c1-4-7-12(2)10-13(3)11-14-8-5-6-9-15-14/h10,12,14-15H,4-9,11H2,1-3H3/b13-10-. The van der Waals surface area contributed by atoms with Gasteiger partial charge in [-0.2, -0.15) is 0 Å². The summed E-state index contributed by atoms with van der Waals surface area (Å²) in [6.45, 7) is 8.12. The molecule has 0 aliphatic carbocycles. The largest absolute Gasteiger partial charge is 0.314 e. The molecule has 0 radical (unpaired) electrons. The fourth-order valence-electron chi connectivity index (χ4n) is 2.58. The molecule has 88 valence electrons. The number of piperidine rings is 1. The van der Waals surface area contributed by atoms with Crippen LogP contribution in [0.3, 0.4) is 0 Å². The van der Waals surface area contributed by atoms with Gasteiger partial charge in [0.15, 0.2) is 0 Å². The van der Waals surface area contributed by atoms with E-state index in [1.165, 1.54) is 45.1 Å². The average molecular weight is 209 g/mol. The Morgan fingerprint density at radius 1 is 1.47 bits per heavy atom. The van der Waals surface area contributed by atoms with Crippen molar-refractivity contribution in [3.05, 3.63) is 11.6 Å². The van der Waals surface area contributed by atoms with Crippen molar-refractivity contribution in [2.24, 2.45) is 5.92 Å². The molecule has 0 bridgehead atoms. The molecule has 1 nitrogen and oxygen atoms in total. The molecule has 0 aromatic heterocycles. The predicted octanol–water partition coefficient (Wildman–Crippen LogP) is 3.90. The third kappa shape index (κ3) is 5.36. The topological polar surface area (TPSA) is 12.0 Å². The maximum atomic E-state index is 3.61. The van der Waals surface area contributed by atoms with Crippen LogP contribution < -0.4 is 5.32 Å². The van der Waals surface area contributed by atoms with Gasteiger partial charge in [-0.15, -0.1) is 0 Å². The van der Waals surface area contributed by atoms with Gasteiger partial charge in [0, 0.05) is 6.04 Å². The second kappa shape index (κ2) is 7.05. The number of allylic oxidation sites excluding steroid dienone is 1. The van der Waals surface area contributed by atoms with Crippen LogP contribution >= 0.6 is 0 Å². The van der Waals surface area contributed by atoms with Crippen molar-refractivity contribution in [1.82, 2.24) is 5.32 Å². The van der Waals surface area contributed by atoms with E-state index in [0.29, 0.717) is 0 Å². The van der Waals surface area contributed by atoms with Gasteiger partial charge >= 0.3 is 0 Å². The lowest BCUT2D eigenvalue weighted by atomic mass is 9.95. The first-order chi connectivity index (χ1) is 7.22. The number of hydrogen-bond donors (Lipinski definition) is 1. The zero-order valence-corrected chi connectivity index (χ0v) is 10.7.